The molecule has 0 aliphatic heterocycles. The maximum atomic E-state index is 5.25. The summed E-state index contributed by atoms with van der Waals surface area (Å²) in [7, 11) is 1.73. The molecular formula is C13H23N3OS. The molecule has 4 nitrogen and oxygen atoms in total. The van der Waals surface area contributed by atoms with Crippen molar-refractivity contribution in [3.05, 3.63) is 10.6 Å². The van der Waals surface area contributed by atoms with Gasteiger partial charge in [0.05, 0.1) is 12.3 Å². The van der Waals surface area contributed by atoms with Crippen LogP contribution in [0.2, 0.25) is 0 Å². The van der Waals surface area contributed by atoms with E-state index in [0.29, 0.717) is 6.61 Å². The van der Waals surface area contributed by atoms with E-state index in [9.17, 15) is 0 Å². The van der Waals surface area contributed by atoms with Crippen molar-refractivity contribution in [2.24, 2.45) is 0 Å². The van der Waals surface area contributed by atoms with Crippen molar-refractivity contribution in [3.63, 3.8) is 0 Å². The standard InChI is InChI=1S/C13H23N3OS/c1-4-14-8-12-11(9-17-3)15-13(18-12)16(5-2)10-6-7-10/h10,14H,4-9H2,1-3H3. The van der Waals surface area contributed by atoms with Crippen LogP contribution in [0.5, 0.6) is 0 Å². The molecule has 5 heteroatoms. The summed E-state index contributed by atoms with van der Waals surface area (Å²) < 4.78 is 5.25. The molecule has 1 aromatic heterocycles. The summed E-state index contributed by atoms with van der Waals surface area (Å²) in [5.41, 5.74) is 1.09. The lowest BCUT2D eigenvalue weighted by Gasteiger charge is -2.18. The van der Waals surface area contributed by atoms with Crippen LogP contribution in [0.3, 0.4) is 0 Å². The molecule has 1 aliphatic carbocycles. The van der Waals surface area contributed by atoms with Gasteiger partial charge < -0.3 is 15.0 Å². The van der Waals surface area contributed by atoms with Crippen molar-refractivity contribution in [2.45, 2.75) is 45.9 Å². The van der Waals surface area contributed by atoms with E-state index in [1.807, 2.05) is 11.3 Å². The van der Waals surface area contributed by atoms with E-state index >= 15 is 0 Å². The topological polar surface area (TPSA) is 37.4 Å². The molecule has 1 fully saturated rings. The summed E-state index contributed by atoms with van der Waals surface area (Å²) in [6.45, 7) is 7.87. The highest BCUT2D eigenvalue weighted by Gasteiger charge is 2.30. The van der Waals surface area contributed by atoms with Crippen LogP contribution in [0, 0.1) is 0 Å². The Balaban J connectivity index is 2.14. The maximum Gasteiger partial charge on any atom is 0.186 e. The first-order valence-corrected chi connectivity index (χ1v) is 7.56. The van der Waals surface area contributed by atoms with Crippen LogP contribution in [0.15, 0.2) is 0 Å². The molecule has 0 amide bonds. The lowest BCUT2D eigenvalue weighted by atomic mass is 10.3. The van der Waals surface area contributed by atoms with Crippen molar-refractivity contribution in [2.75, 3.05) is 25.1 Å². The van der Waals surface area contributed by atoms with Gasteiger partial charge in [-0.25, -0.2) is 4.98 Å². The molecule has 0 spiro atoms. The molecule has 1 heterocycles. The Bertz CT molecular complexity index is 376. The minimum absolute atomic E-state index is 0.611. The van der Waals surface area contributed by atoms with Crippen molar-refractivity contribution >= 4 is 16.5 Å². The number of anilines is 1. The number of aromatic nitrogens is 1. The van der Waals surface area contributed by atoms with E-state index in [4.69, 9.17) is 9.72 Å². The molecule has 0 unspecified atom stereocenters. The predicted molar refractivity (Wildman–Crippen MR) is 76.2 cm³/mol. The Morgan fingerprint density at radius 3 is 2.78 bits per heavy atom. The number of thiazole rings is 1. The first-order chi connectivity index (χ1) is 8.80. The Hall–Kier alpha value is -0.650. The molecule has 18 heavy (non-hydrogen) atoms. The molecule has 102 valence electrons. The van der Waals surface area contributed by atoms with Gasteiger partial charge in [0.2, 0.25) is 0 Å². The monoisotopic (exact) mass is 269 g/mol. The summed E-state index contributed by atoms with van der Waals surface area (Å²) in [5, 5.41) is 4.54. The summed E-state index contributed by atoms with van der Waals surface area (Å²) in [6, 6.07) is 0.725. The zero-order valence-corrected chi connectivity index (χ0v) is 12.3. The van der Waals surface area contributed by atoms with E-state index < -0.39 is 0 Å². The van der Waals surface area contributed by atoms with Crippen LogP contribution >= 0.6 is 11.3 Å². The molecule has 0 atom stereocenters. The first-order valence-electron chi connectivity index (χ1n) is 6.75. The minimum atomic E-state index is 0.611. The third kappa shape index (κ3) is 3.22. The quantitative estimate of drug-likeness (QED) is 0.786. The number of ether oxygens (including phenoxy) is 1. The largest absolute Gasteiger partial charge is 0.378 e. The number of rotatable bonds is 8. The van der Waals surface area contributed by atoms with Crippen molar-refractivity contribution in [1.82, 2.24) is 10.3 Å². The zero-order valence-electron chi connectivity index (χ0n) is 11.5. The van der Waals surface area contributed by atoms with Gasteiger partial charge in [-0.15, -0.1) is 11.3 Å². The van der Waals surface area contributed by atoms with Gasteiger partial charge in [-0.05, 0) is 26.3 Å². The molecule has 0 saturated heterocycles. The van der Waals surface area contributed by atoms with E-state index in [1.165, 1.54) is 22.9 Å². The van der Waals surface area contributed by atoms with Crippen molar-refractivity contribution in [3.8, 4) is 0 Å². The lowest BCUT2D eigenvalue weighted by Crippen LogP contribution is -2.24. The van der Waals surface area contributed by atoms with Gasteiger partial charge >= 0.3 is 0 Å². The fraction of sp³-hybridized carbons (Fsp3) is 0.769. The SMILES string of the molecule is CCNCc1sc(N(CC)C2CC2)nc1COC. The number of methoxy groups -OCH3 is 1. The van der Waals surface area contributed by atoms with Gasteiger partial charge in [0.1, 0.15) is 0 Å². The Kier molecular flexibility index (Phi) is 4.97. The van der Waals surface area contributed by atoms with Crippen LogP contribution in [-0.2, 0) is 17.9 Å². The highest BCUT2D eigenvalue weighted by atomic mass is 32.1. The molecule has 0 aromatic carbocycles. The van der Waals surface area contributed by atoms with E-state index in [1.54, 1.807) is 7.11 Å². The average molecular weight is 269 g/mol. The third-order valence-corrected chi connectivity index (χ3v) is 4.29. The number of hydrogen-bond acceptors (Lipinski definition) is 5. The summed E-state index contributed by atoms with van der Waals surface area (Å²) in [4.78, 5) is 8.51. The zero-order chi connectivity index (χ0) is 13.0. The predicted octanol–water partition coefficient (Wildman–Crippen LogP) is 2.39. The molecule has 1 aliphatic rings. The molecule has 1 N–H and O–H groups in total. The fourth-order valence-corrected chi connectivity index (χ4v) is 3.22. The first kappa shape index (κ1) is 13.8. The Morgan fingerprint density at radius 2 is 2.22 bits per heavy atom. The third-order valence-electron chi connectivity index (χ3n) is 3.16. The fourth-order valence-electron chi connectivity index (χ4n) is 2.05. The lowest BCUT2D eigenvalue weighted by molar-refractivity contribution is 0.181. The summed E-state index contributed by atoms with van der Waals surface area (Å²) in [5.74, 6) is 0. The van der Waals surface area contributed by atoms with Gasteiger partial charge in [0, 0.05) is 31.1 Å². The smallest absolute Gasteiger partial charge is 0.186 e. The second-order valence-electron chi connectivity index (χ2n) is 4.60. The van der Waals surface area contributed by atoms with Crippen LogP contribution < -0.4 is 10.2 Å². The van der Waals surface area contributed by atoms with E-state index in [0.717, 1.165) is 31.4 Å². The van der Waals surface area contributed by atoms with Gasteiger partial charge in [-0.2, -0.15) is 0 Å². The summed E-state index contributed by atoms with van der Waals surface area (Å²) >= 11 is 1.81. The molecule has 1 saturated carbocycles. The molecule has 1 aromatic rings. The summed E-state index contributed by atoms with van der Waals surface area (Å²) in [6.07, 6.45) is 2.63. The Morgan fingerprint density at radius 1 is 1.44 bits per heavy atom. The van der Waals surface area contributed by atoms with Crippen LogP contribution in [0.25, 0.3) is 0 Å². The average Bonchev–Trinajstić information content (AvgIpc) is 3.12. The second kappa shape index (κ2) is 6.50. The van der Waals surface area contributed by atoms with Crippen molar-refractivity contribution in [1.29, 1.82) is 0 Å². The van der Waals surface area contributed by atoms with Gasteiger partial charge in [-0.1, -0.05) is 6.92 Å². The van der Waals surface area contributed by atoms with Gasteiger partial charge in [0.15, 0.2) is 5.13 Å². The maximum absolute atomic E-state index is 5.25. The number of nitrogens with one attached hydrogen (secondary N) is 1. The molecule has 0 radical (unpaired) electrons. The van der Waals surface area contributed by atoms with Crippen molar-refractivity contribution < 1.29 is 4.74 Å². The van der Waals surface area contributed by atoms with E-state index in [-0.39, 0.29) is 0 Å². The highest BCUT2D eigenvalue weighted by molar-refractivity contribution is 7.15. The van der Waals surface area contributed by atoms with Crippen LogP contribution in [-0.4, -0.2) is 31.2 Å². The van der Waals surface area contributed by atoms with Crippen LogP contribution in [0.4, 0.5) is 5.13 Å². The van der Waals surface area contributed by atoms with Gasteiger partial charge in [0.25, 0.3) is 0 Å². The number of nitrogens with zero attached hydrogens (tertiary/aromatic N) is 2. The molecular weight excluding hydrogens is 246 g/mol. The van der Waals surface area contributed by atoms with Crippen LogP contribution in [0.1, 0.15) is 37.3 Å². The molecule has 2 rings (SSSR count). The minimum Gasteiger partial charge on any atom is -0.378 e. The normalized spacial score (nSPS) is 15.1. The van der Waals surface area contributed by atoms with Gasteiger partial charge in [-0.3, -0.25) is 0 Å². The Labute approximate surface area is 113 Å². The number of hydrogen-bond donors (Lipinski definition) is 1. The molecule has 0 bridgehead atoms. The highest BCUT2D eigenvalue weighted by Crippen LogP contribution is 2.35. The second-order valence-corrected chi connectivity index (χ2v) is 5.66. The van der Waals surface area contributed by atoms with E-state index in [2.05, 4.69) is 24.1 Å².